The lowest BCUT2D eigenvalue weighted by atomic mass is 9.88. The largest absolute Gasteiger partial charge is 0.477 e. The van der Waals surface area contributed by atoms with Crippen LogP contribution in [0.4, 0.5) is 0 Å². The number of amides is 2. The SMILES string of the molecule is CC(=O)N[C@H]1C(O[C@@H]2OC(C)[C@@H](O)C(O)[C@@H]2O)[C@H](O[C@@H]2OC(CO)[C@H](O)C(O[C@]3(C(=O)O)C[C@@H](O)[C@@H](NC(C)=O)C([C@H](O)[C@H](O)CO)O3)[C@@H]2O)C(CO)O[C@H]1OC1[C@@H](O)C(CO)O[C@@H](O[C@@H]2C(CO)O[C@@H](O)[C@@H](O)C2O)[C@H]1O. The van der Waals surface area contributed by atoms with Crippen LogP contribution in [0.2, 0.25) is 0 Å². The molecule has 35 heteroatoms. The van der Waals surface area contributed by atoms with Crippen molar-refractivity contribution in [3.05, 3.63) is 0 Å². The molecule has 0 spiro atoms. The van der Waals surface area contributed by atoms with Crippen molar-refractivity contribution in [3.8, 4) is 0 Å². The van der Waals surface area contributed by atoms with Crippen molar-refractivity contribution in [2.45, 2.75) is 217 Å². The maximum absolute atomic E-state index is 13.2. The van der Waals surface area contributed by atoms with Crippen LogP contribution in [0.15, 0.2) is 0 Å². The van der Waals surface area contributed by atoms with E-state index in [2.05, 4.69) is 10.6 Å². The summed E-state index contributed by atoms with van der Waals surface area (Å²) in [6.07, 6.45) is -58.2. The predicted octanol–water partition coefficient (Wildman–Crippen LogP) is -13.6. The zero-order valence-electron chi connectivity index (χ0n) is 41.8. The number of carbonyl (C=O) groups is 3. The predicted molar refractivity (Wildman–Crippen MR) is 238 cm³/mol. The van der Waals surface area contributed by atoms with E-state index in [0.717, 1.165) is 13.8 Å². The van der Waals surface area contributed by atoms with Gasteiger partial charge in [-0.3, -0.25) is 9.59 Å². The summed E-state index contributed by atoms with van der Waals surface area (Å²) in [6.45, 7) is -2.35. The number of aliphatic carboxylic acids is 1. The molecule has 452 valence electrons. The van der Waals surface area contributed by atoms with Crippen molar-refractivity contribution in [1.29, 1.82) is 0 Å². The first-order valence-electron chi connectivity index (χ1n) is 24.6. The first-order valence-corrected chi connectivity index (χ1v) is 24.6. The molecular formula is C43H72N2O33. The Morgan fingerprint density at radius 3 is 1.54 bits per heavy atom. The lowest BCUT2D eigenvalue weighted by Crippen LogP contribution is -2.72. The number of carboxylic acid groups (broad SMARTS) is 1. The molecule has 6 aliphatic rings. The lowest BCUT2D eigenvalue weighted by molar-refractivity contribution is -0.399. The molecule has 6 rings (SSSR count). The summed E-state index contributed by atoms with van der Waals surface area (Å²) in [4.78, 5) is 38.4. The number of carboxylic acids is 1. The van der Waals surface area contributed by atoms with Gasteiger partial charge in [-0.2, -0.15) is 0 Å². The van der Waals surface area contributed by atoms with Crippen molar-refractivity contribution >= 4 is 17.8 Å². The van der Waals surface area contributed by atoms with E-state index in [1.165, 1.54) is 6.92 Å². The molecule has 0 aromatic rings. The van der Waals surface area contributed by atoms with Crippen LogP contribution in [-0.2, 0) is 66.5 Å². The highest BCUT2D eigenvalue weighted by Gasteiger charge is 2.62. The van der Waals surface area contributed by atoms with E-state index in [0.29, 0.717) is 0 Å². The Labute approximate surface area is 441 Å². The van der Waals surface area contributed by atoms with Gasteiger partial charge < -0.3 is 160 Å². The van der Waals surface area contributed by atoms with Crippen LogP contribution in [0.25, 0.3) is 0 Å². The average molecular weight is 1150 g/mol. The van der Waals surface area contributed by atoms with Crippen LogP contribution in [0.1, 0.15) is 27.2 Å². The Kier molecular flexibility index (Phi) is 22.4. The van der Waals surface area contributed by atoms with Gasteiger partial charge in [0.1, 0.15) is 134 Å². The van der Waals surface area contributed by atoms with Crippen molar-refractivity contribution in [2.24, 2.45) is 0 Å². The minimum absolute atomic E-state index is 0.841. The lowest BCUT2D eigenvalue weighted by Gasteiger charge is -2.52. The van der Waals surface area contributed by atoms with Crippen molar-refractivity contribution in [3.63, 3.8) is 0 Å². The molecule has 6 aliphatic heterocycles. The first kappa shape index (κ1) is 64.4. The number of carbonyl (C=O) groups excluding carboxylic acids is 2. The van der Waals surface area contributed by atoms with Crippen LogP contribution in [0, 0.1) is 0 Å². The van der Waals surface area contributed by atoms with E-state index in [9.17, 15) is 111 Å². The molecule has 35 nitrogen and oxygen atoms in total. The van der Waals surface area contributed by atoms with E-state index < -0.39 is 247 Å². The molecule has 31 atom stereocenters. The molecule has 0 aromatic carbocycles. The Morgan fingerprint density at radius 2 is 1.00 bits per heavy atom. The molecule has 0 aromatic heterocycles. The minimum atomic E-state index is -3.25. The van der Waals surface area contributed by atoms with Gasteiger partial charge in [-0.25, -0.2) is 4.79 Å². The number of hydrogen-bond acceptors (Lipinski definition) is 32. The van der Waals surface area contributed by atoms with Gasteiger partial charge in [0.05, 0.1) is 51.3 Å². The third-order valence-corrected chi connectivity index (χ3v) is 14.2. The van der Waals surface area contributed by atoms with E-state index >= 15 is 0 Å². The normalized spacial score (nSPS) is 48.1. The van der Waals surface area contributed by atoms with Gasteiger partial charge in [0.15, 0.2) is 31.5 Å². The molecule has 78 heavy (non-hydrogen) atoms. The Balaban J connectivity index is 1.37. The monoisotopic (exact) mass is 1140 g/mol. The summed E-state index contributed by atoms with van der Waals surface area (Å²) in [5.41, 5.74) is 0. The minimum Gasteiger partial charge on any atom is -0.477 e. The molecular weight excluding hydrogens is 1070 g/mol. The Bertz CT molecular complexity index is 1950. The second kappa shape index (κ2) is 27.1. The third-order valence-electron chi connectivity index (χ3n) is 14.2. The molecule has 0 saturated carbocycles. The highest BCUT2D eigenvalue weighted by molar-refractivity contribution is 5.76. The fourth-order valence-electron chi connectivity index (χ4n) is 9.96. The molecule has 0 aliphatic carbocycles. The van der Waals surface area contributed by atoms with E-state index in [1.807, 2.05) is 0 Å². The van der Waals surface area contributed by atoms with Gasteiger partial charge >= 0.3 is 5.97 Å². The molecule has 6 saturated heterocycles. The first-order chi connectivity index (χ1) is 36.7. The van der Waals surface area contributed by atoms with E-state index in [-0.39, 0.29) is 0 Å². The quantitative estimate of drug-likeness (QED) is 0.0538. The molecule has 6 heterocycles. The zero-order chi connectivity index (χ0) is 58.0. The summed E-state index contributed by atoms with van der Waals surface area (Å²) in [7, 11) is 0. The fraction of sp³-hybridized carbons (Fsp3) is 0.930. The average Bonchev–Trinajstić information content (AvgIpc) is 3.43. The summed E-state index contributed by atoms with van der Waals surface area (Å²) >= 11 is 0. The molecule has 2 amide bonds. The van der Waals surface area contributed by atoms with E-state index in [4.69, 9.17) is 52.1 Å². The van der Waals surface area contributed by atoms with Gasteiger partial charge in [0.25, 0.3) is 5.79 Å². The van der Waals surface area contributed by atoms with Gasteiger partial charge in [-0.1, -0.05) is 0 Å². The smallest absolute Gasteiger partial charge is 0.364 e. The molecule has 6 fully saturated rings. The number of ether oxygens (including phenoxy) is 11. The standard InChI is InChI=1S/C43H72N2O33/c1-10-21(55)25(59)28(62)39(68-10)75-34-20(45-12(3)52)38(76-35-23(57)15(6-47)70-40(29(35)63)73-31-17(8-49)69-37(65)27(61)26(31)60)72-18(9-50)32(34)74-41-30(64)36(24(58)16(7-48)71-41)78-43(42(66)67)4-13(53)19(44-11(2)51)33(77-43)22(56)14(54)5-46/h10,13-41,46-50,53-65H,4-9H2,1-3H3,(H,44,51)(H,45,52)(H,66,67)/t10?,13-,14-,15?,16?,17?,18?,19-,20+,21-,22-,23+,24+,25?,26?,27+,28+,29+,30+,31-,32-,33?,34?,35?,36?,37-,38+,39+,40+,41+,43+/m1/s1. The summed E-state index contributed by atoms with van der Waals surface area (Å²) in [6, 6.07) is -3.64. The van der Waals surface area contributed by atoms with Gasteiger partial charge in [-0.05, 0) is 6.92 Å². The second-order valence-corrected chi connectivity index (χ2v) is 19.6. The topological polar surface area (TPSA) is 561 Å². The number of nitrogens with one attached hydrogen (secondary N) is 2. The molecule has 0 radical (unpaired) electrons. The van der Waals surface area contributed by atoms with Crippen LogP contribution in [0.3, 0.4) is 0 Å². The Morgan fingerprint density at radius 1 is 0.526 bits per heavy atom. The number of aliphatic hydroxyl groups is 18. The maximum atomic E-state index is 13.2. The van der Waals surface area contributed by atoms with Crippen molar-refractivity contribution in [1.82, 2.24) is 10.6 Å². The molecule has 0 bridgehead atoms. The van der Waals surface area contributed by atoms with Crippen LogP contribution >= 0.6 is 0 Å². The number of aliphatic hydroxyl groups excluding tert-OH is 18. The highest BCUT2D eigenvalue weighted by atomic mass is 16.8. The molecule has 11 unspecified atom stereocenters. The summed E-state index contributed by atoms with van der Waals surface area (Å²) < 4.78 is 63.6. The second-order valence-electron chi connectivity index (χ2n) is 19.6. The molecule has 21 N–H and O–H groups in total. The van der Waals surface area contributed by atoms with Crippen LogP contribution < -0.4 is 10.6 Å². The fourth-order valence-corrected chi connectivity index (χ4v) is 9.96. The maximum Gasteiger partial charge on any atom is 0.364 e. The van der Waals surface area contributed by atoms with E-state index in [1.54, 1.807) is 0 Å². The van der Waals surface area contributed by atoms with Crippen LogP contribution in [-0.4, -0.2) is 338 Å². The Hall–Kier alpha value is -2.75. The van der Waals surface area contributed by atoms with Crippen molar-refractivity contribution < 1.29 is 164 Å². The third kappa shape index (κ3) is 13.5. The van der Waals surface area contributed by atoms with Gasteiger partial charge in [-0.15, -0.1) is 0 Å². The number of rotatable bonds is 20. The van der Waals surface area contributed by atoms with Crippen molar-refractivity contribution in [2.75, 3.05) is 33.0 Å². The summed E-state index contributed by atoms with van der Waals surface area (Å²) in [5, 5.41) is 209. The van der Waals surface area contributed by atoms with Gasteiger partial charge in [0, 0.05) is 20.3 Å². The summed E-state index contributed by atoms with van der Waals surface area (Å²) in [5.74, 6) is -7.15. The zero-order valence-corrected chi connectivity index (χ0v) is 41.8. The number of hydrogen-bond donors (Lipinski definition) is 21. The highest BCUT2D eigenvalue weighted by Crippen LogP contribution is 2.40. The van der Waals surface area contributed by atoms with Gasteiger partial charge in [0.2, 0.25) is 11.8 Å². The van der Waals surface area contributed by atoms with Crippen LogP contribution in [0.5, 0.6) is 0 Å².